The maximum atomic E-state index is 13.1. The molecule has 0 aliphatic rings. The van der Waals surface area contributed by atoms with E-state index < -0.39 is 36.9 Å². The predicted molar refractivity (Wildman–Crippen MR) is 50.5 cm³/mol. The van der Waals surface area contributed by atoms with Gasteiger partial charge in [-0.1, -0.05) is 0 Å². The third kappa shape index (κ3) is 2.71. The molecule has 0 aliphatic carbocycles. The van der Waals surface area contributed by atoms with Gasteiger partial charge in [-0.3, -0.25) is 0 Å². The third-order valence-corrected chi connectivity index (χ3v) is 3.48. The van der Waals surface area contributed by atoms with E-state index in [2.05, 4.69) is 21.1 Å². The van der Waals surface area contributed by atoms with Crippen molar-refractivity contribution in [2.24, 2.45) is 5.14 Å². The number of halogens is 5. The molecular formula is C7H4BrF4NO2S. The molecule has 0 heterocycles. The molecule has 0 fully saturated rings. The number of rotatable bonds is 1. The molecule has 2 N–H and O–H groups in total. The number of nitrogens with two attached hydrogens (primary N) is 1. The van der Waals surface area contributed by atoms with Gasteiger partial charge in [0.1, 0.15) is 10.7 Å². The van der Waals surface area contributed by atoms with Crippen molar-refractivity contribution >= 4 is 26.0 Å². The quantitative estimate of drug-likeness (QED) is 0.806. The average molecular weight is 322 g/mol. The minimum absolute atomic E-state index is 0.0739. The normalized spacial score (nSPS) is 12.9. The summed E-state index contributed by atoms with van der Waals surface area (Å²) >= 11 is 2.53. The summed E-state index contributed by atoms with van der Waals surface area (Å²) in [4.78, 5) is -1.000. The summed E-state index contributed by atoms with van der Waals surface area (Å²) in [7, 11) is -4.42. The fourth-order valence-corrected chi connectivity index (χ4v) is 2.77. The van der Waals surface area contributed by atoms with E-state index in [4.69, 9.17) is 0 Å². The van der Waals surface area contributed by atoms with Crippen molar-refractivity contribution in [3.8, 4) is 0 Å². The Hall–Kier alpha value is -0.670. The van der Waals surface area contributed by atoms with E-state index in [0.717, 1.165) is 0 Å². The van der Waals surface area contributed by atoms with Gasteiger partial charge in [0.25, 0.3) is 0 Å². The van der Waals surface area contributed by atoms with Crippen molar-refractivity contribution in [3.63, 3.8) is 0 Å². The molecule has 0 aliphatic heterocycles. The molecule has 16 heavy (non-hydrogen) atoms. The fourth-order valence-electron chi connectivity index (χ4n) is 0.995. The summed E-state index contributed by atoms with van der Waals surface area (Å²) in [6.45, 7) is 0. The number of primary sulfonamides is 1. The zero-order valence-electron chi connectivity index (χ0n) is 7.35. The van der Waals surface area contributed by atoms with Crippen LogP contribution in [-0.2, 0) is 16.2 Å². The van der Waals surface area contributed by atoms with Gasteiger partial charge in [-0.05, 0) is 28.1 Å². The monoisotopic (exact) mass is 321 g/mol. The Labute approximate surface area is 96.4 Å². The highest BCUT2D eigenvalue weighted by atomic mass is 79.9. The van der Waals surface area contributed by atoms with E-state index in [9.17, 15) is 26.0 Å². The number of hydrogen-bond donors (Lipinski definition) is 1. The summed E-state index contributed by atoms with van der Waals surface area (Å²) in [6.07, 6.45) is -4.76. The first-order valence-electron chi connectivity index (χ1n) is 3.62. The molecule has 0 unspecified atom stereocenters. The third-order valence-electron chi connectivity index (χ3n) is 1.61. The van der Waals surface area contributed by atoms with Gasteiger partial charge in [0.2, 0.25) is 10.0 Å². The Kier molecular flexibility index (Phi) is 3.32. The number of hydrogen-bond acceptors (Lipinski definition) is 2. The van der Waals surface area contributed by atoms with Crippen molar-refractivity contribution in [2.45, 2.75) is 11.1 Å². The summed E-state index contributed by atoms with van der Waals surface area (Å²) < 4.78 is 70.9. The molecule has 0 saturated heterocycles. The lowest BCUT2D eigenvalue weighted by molar-refractivity contribution is -0.137. The summed E-state index contributed by atoms with van der Waals surface area (Å²) in [5.41, 5.74) is -1.30. The molecule has 9 heteroatoms. The van der Waals surface area contributed by atoms with Gasteiger partial charge in [0, 0.05) is 4.47 Å². The van der Waals surface area contributed by atoms with E-state index >= 15 is 0 Å². The number of sulfonamides is 1. The summed E-state index contributed by atoms with van der Waals surface area (Å²) in [5.74, 6) is -1.55. The van der Waals surface area contributed by atoms with Gasteiger partial charge >= 0.3 is 6.18 Å². The number of alkyl halides is 3. The van der Waals surface area contributed by atoms with Gasteiger partial charge in [-0.15, -0.1) is 0 Å². The molecule has 1 aromatic rings. The van der Waals surface area contributed by atoms with Crippen LogP contribution in [0.3, 0.4) is 0 Å². The first-order chi connectivity index (χ1) is 7.03. The van der Waals surface area contributed by atoms with Crippen LogP contribution in [0.25, 0.3) is 0 Å². The minimum atomic E-state index is -4.76. The largest absolute Gasteiger partial charge is 0.416 e. The van der Waals surface area contributed by atoms with Crippen LogP contribution in [0, 0.1) is 5.82 Å². The number of benzene rings is 1. The van der Waals surface area contributed by atoms with Crippen molar-refractivity contribution in [2.75, 3.05) is 0 Å². The molecule has 0 atom stereocenters. The zero-order valence-corrected chi connectivity index (χ0v) is 9.75. The van der Waals surface area contributed by atoms with E-state index in [0.29, 0.717) is 6.07 Å². The lowest BCUT2D eigenvalue weighted by Gasteiger charge is -2.10. The Morgan fingerprint density at radius 1 is 1.25 bits per heavy atom. The van der Waals surface area contributed by atoms with Crippen LogP contribution in [0.2, 0.25) is 0 Å². The SMILES string of the molecule is NS(=O)(=O)c1c(F)cc(C(F)(F)F)cc1Br. The molecule has 90 valence electrons. The molecule has 0 aromatic heterocycles. The van der Waals surface area contributed by atoms with Crippen LogP contribution in [-0.4, -0.2) is 8.42 Å². The lowest BCUT2D eigenvalue weighted by Crippen LogP contribution is -2.16. The molecule has 1 aromatic carbocycles. The Bertz CT molecular complexity index is 503. The predicted octanol–water partition coefficient (Wildman–Crippen LogP) is 2.25. The average Bonchev–Trinajstić information content (AvgIpc) is 1.97. The van der Waals surface area contributed by atoms with Crippen molar-refractivity contribution in [1.29, 1.82) is 0 Å². The van der Waals surface area contributed by atoms with Gasteiger partial charge < -0.3 is 0 Å². The topological polar surface area (TPSA) is 60.2 Å². The molecular weight excluding hydrogens is 318 g/mol. The maximum absolute atomic E-state index is 13.1. The van der Waals surface area contributed by atoms with E-state index in [1.165, 1.54) is 0 Å². The summed E-state index contributed by atoms with van der Waals surface area (Å²) in [6, 6.07) is 0.521. The lowest BCUT2D eigenvalue weighted by atomic mass is 10.2. The minimum Gasteiger partial charge on any atom is -0.224 e. The molecule has 0 radical (unpaired) electrons. The van der Waals surface area contributed by atoms with E-state index in [-0.39, 0.29) is 6.07 Å². The Balaban J connectivity index is 3.53. The first kappa shape index (κ1) is 13.4. The highest BCUT2D eigenvalue weighted by molar-refractivity contribution is 9.10. The van der Waals surface area contributed by atoms with Crippen LogP contribution >= 0.6 is 15.9 Å². The van der Waals surface area contributed by atoms with Gasteiger partial charge in [-0.2, -0.15) is 13.2 Å². The molecule has 0 bridgehead atoms. The first-order valence-corrected chi connectivity index (χ1v) is 5.96. The van der Waals surface area contributed by atoms with Crippen LogP contribution < -0.4 is 5.14 Å². The van der Waals surface area contributed by atoms with E-state index in [1.54, 1.807) is 0 Å². The van der Waals surface area contributed by atoms with Crippen LogP contribution in [0.5, 0.6) is 0 Å². The van der Waals surface area contributed by atoms with Crippen LogP contribution in [0.4, 0.5) is 17.6 Å². The molecule has 0 saturated carbocycles. The van der Waals surface area contributed by atoms with Gasteiger partial charge in [0.15, 0.2) is 0 Å². The smallest absolute Gasteiger partial charge is 0.224 e. The molecule has 1 rings (SSSR count). The standard InChI is InChI=1S/C7H4BrF4NO2S/c8-4-1-3(7(10,11)12)2-5(9)6(4)16(13,14)15/h1-2H,(H2,13,14,15). The van der Waals surface area contributed by atoms with Crippen molar-refractivity contribution in [3.05, 3.63) is 28.0 Å². The Morgan fingerprint density at radius 3 is 2.06 bits per heavy atom. The van der Waals surface area contributed by atoms with Crippen molar-refractivity contribution < 1.29 is 26.0 Å². The van der Waals surface area contributed by atoms with Crippen LogP contribution in [0.1, 0.15) is 5.56 Å². The molecule has 0 spiro atoms. The fraction of sp³-hybridized carbons (Fsp3) is 0.143. The highest BCUT2D eigenvalue weighted by Gasteiger charge is 2.33. The Morgan fingerprint density at radius 2 is 1.75 bits per heavy atom. The summed E-state index contributed by atoms with van der Waals surface area (Å²) in [5, 5.41) is 4.64. The second-order valence-electron chi connectivity index (χ2n) is 2.81. The van der Waals surface area contributed by atoms with Crippen LogP contribution in [0.15, 0.2) is 21.5 Å². The second kappa shape index (κ2) is 3.97. The van der Waals surface area contributed by atoms with Crippen molar-refractivity contribution in [1.82, 2.24) is 0 Å². The van der Waals surface area contributed by atoms with Gasteiger partial charge in [0.05, 0.1) is 5.56 Å². The van der Waals surface area contributed by atoms with E-state index in [1.807, 2.05) is 0 Å². The second-order valence-corrected chi connectivity index (χ2v) is 5.16. The molecule has 0 amide bonds. The maximum Gasteiger partial charge on any atom is 0.416 e. The van der Waals surface area contributed by atoms with Gasteiger partial charge in [-0.25, -0.2) is 17.9 Å². The molecule has 3 nitrogen and oxygen atoms in total. The zero-order chi connectivity index (χ0) is 12.7. The highest BCUT2D eigenvalue weighted by Crippen LogP contribution is 2.34.